The third-order valence-electron chi connectivity index (χ3n) is 12.5. The first-order valence-corrected chi connectivity index (χ1v) is 20.2. The number of allylic oxidation sites excluding steroid dienone is 1. The molecular formula is C54H35N3O. The van der Waals surface area contributed by atoms with E-state index in [4.69, 9.17) is 4.42 Å². The molecule has 0 saturated carbocycles. The Morgan fingerprint density at radius 2 is 1.02 bits per heavy atom. The Bertz CT molecular complexity index is 3670. The molecular weight excluding hydrogens is 707 g/mol. The average Bonchev–Trinajstić information content (AvgIpc) is 4.03. The Kier molecular flexibility index (Phi) is 6.53. The number of benzene rings is 8. The lowest BCUT2D eigenvalue weighted by Gasteiger charge is -2.11. The van der Waals surface area contributed by atoms with Crippen LogP contribution in [0.15, 0.2) is 186 Å². The lowest BCUT2D eigenvalue weighted by Crippen LogP contribution is -1.99. The Morgan fingerprint density at radius 3 is 1.74 bits per heavy atom. The quantitative estimate of drug-likeness (QED) is 0.176. The van der Waals surface area contributed by atoms with Crippen molar-refractivity contribution >= 4 is 82.5 Å². The predicted molar refractivity (Wildman–Crippen MR) is 242 cm³/mol. The minimum atomic E-state index is 0.888. The largest absolute Gasteiger partial charge is 0.456 e. The van der Waals surface area contributed by atoms with Gasteiger partial charge in [-0.05, 0) is 121 Å². The molecule has 8 aromatic carbocycles. The average molecular weight is 742 g/mol. The summed E-state index contributed by atoms with van der Waals surface area (Å²) in [6, 6.07) is 63.9. The highest BCUT2D eigenvalue weighted by Crippen LogP contribution is 2.44. The van der Waals surface area contributed by atoms with Gasteiger partial charge in [0.1, 0.15) is 11.2 Å². The molecule has 12 aromatic rings. The van der Waals surface area contributed by atoms with E-state index >= 15 is 0 Å². The van der Waals surface area contributed by atoms with E-state index in [2.05, 4.69) is 202 Å². The molecule has 0 amide bonds. The second-order valence-corrected chi connectivity index (χ2v) is 15.6. The van der Waals surface area contributed by atoms with Gasteiger partial charge in [0.15, 0.2) is 0 Å². The van der Waals surface area contributed by atoms with Crippen molar-refractivity contribution in [2.45, 2.75) is 12.8 Å². The number of nitrogens with zero attached hydrogens (tertiary/aromatic N) is 3. The smallest absolute Gasteiger partial charge is 0.136 e. The fourth-order valence-electron chi connectivity index (χ4n) is 10.1. The van der Waals surface area contributed by atoms with Crippen molar-refractivity contribution in [2.24, 2.45) is 0 Å². The Labute approximate surface area is 333 Å². The molecule has 4 nitrogen and oxygen atoms in total. The SMILES string of the molecule is C1=Cc2c(c3cc(-c4cccc5oc6ccc(-n7c8ccccc8c8c9c%10ccccc%10n(-c%10ccccc%10)c9ccc87)cc6c45)ccc3n2-c2ccccc2)CC1. The van der Waals surface area contributed by atoms with Crippen LogP contribution in [0.3, 0.4) is 0 Å². The second kappa shape index (κ2) is 12.0. The van der Waals surface area contributed by atoms with Crippen LogP contribution < -0.4 is 0 Å². The van der Waals surface area contributed by atoms with Crippen molar-refractivity contribution in [3.05, 3.63) is 193 Å². The maximum atomic E-state index is 6.63. The van der Waals surface area contributed by atoms with E-state index in [9.17, 15) is 0 Å². The second-order valence-electron chi connectivity index (χ2n) is 15.6. The number of fused-ring (bicyclic) bond motifs is 13. The van der Waals surface area contributed by atoms with Crippen LogP contribution in [0.5, 0.6) is 0 Å². The first-order valence-electron chi connectivity index (χ1n) is 20.2. The van der Waals surface area contributed by atoms with E-state index in [0.29, 0.717) is 0 Å². The summed E-state index contributed by atoms with van der Waals surface area (Å²) >= 11 is 0. The molecule has 0 fully saturated rings. The first kappa shape index (κ1) is 31.6. The Balaban J connectivity index is 1.05. The van der Waals surface area contributed by atoms with E-state index in [-0.39, 0.29) is 0 Å². The van der Waals surface area contributed by atoms with E-state index in [1.165, 1.54) is 82.6 Å². The van der Waals surface area contributed by atoms with E-state index < -0.39 is 0 Å². The van der Waals surface area contributed by atoms with Gasteiger partial charge in [-0.3, -0.25) is 0 Å². The van der Waals surface area contributed by atoms with Gasteiger partial charge in [0.2, 0.25) is 0 Å². The molecule has 272 valence electrons. The van der Waals surface area contributed by atoms with Crippen LogP contribution in [0.1, 0.15) is 17.7 Å². The van der Waals surface area contributed by atoms with Crippen LogP contribution in [-0.2, 0) is 6.42 Å². The van der Waals surface area contributed by atoms with Crippen LogP contribution in [0.25, 0.3) is 111 Å². The third-order valence-corrected chi connectivity index (χ3v) is 12.5. The number of furan rings is 1. The molecule has 0 spiro atoms. The summed E-state index contributed by atoms with van der Waals surface area (Å²) < 4.78 is 13.9. The van der Waals surface area contributed by atoms with Gasteiger partial charge < -0.3 is 18.1 Å². The highest BCUT2D eigenvalue weighted by Gasteiger charge is 2.23. The maximum Gasteiger partial charge on any atom is 0.136 e. The highest BCUT2D eigenvalue weighted by molar-refractivity contribution is 6.29. The summed E-state index contributed by atoms with van der Waals surface area (Å²) in [4.78, 5) is 0. The molecule has 1 aliphatic carbocycles. The van der Waals surface area contributed by atoms with Gasteiger partial charge in [0, 0.05) is 60.5 Å². The molecule has 0 aliphatic heterocycles. The molecule has 4 heterocycles. The Morgan fingerprint density at radius 1 is 0.397 bits per heavy atom. The monoisotopic (exact) mass is 741 g/mol. The van der Waals surface area contributed by atoms with Crippen molar-refractivity contribution in [3.8, 4) is 28.2 Å². The van der Waals surface area contributed by atoms with E-state index in [1.54, 1.807) is 0 Å². The number of aryl methyl sites for hydroxylation is 1. The van der Waals surface area contributed by atoms with Gasteiger partial charge in [0.25, 0.3) is 0 Å². The van der Waals surface area contributed by atoms with Crippen molar-refractivity contribution in [1.82, 2.24) is 13.7 Å². The molecule has 0 radical (unpaired) electrons. The van der Waals surface area contributed by atoms with Gasteiger partial charge >= 0.3 is 0 Å². The number of aromatic nitrogens is 3. The molecule has 58 heavy (non-hydrogen) atoms. The predicted octanol–water partition coefficient (Wildman–Crippen LogP) is 14.4. The Hall–Kier alpha value is -7.56. The number of hydrogen-bond donors (Lipinski definition) is 0. The summed E-state index contributed by atoms with van der Waals surface area (Å²) in [5.41, 5.74) is 16.4. The van der Waals surface area contributed by atoms with Crippen molar-refractivity contribution in [2.75, 3.05) is 0 Å². The van der Waals surface area contributed by atoms with Crippen molar-refractivity contribution < 1.29 is 4.42 Å². The van der Waals surface area contributed by atoms with E-state index in [0.717, 1.165) is 46.2 Å². The van der Waals surface area contributed by atoms with Gasteiger partial charge in [-0.2, -0.15) is 0 Å². The molecule has 4 aromatic heterocycles. The molecule has 1 aliphatic rings. The number of para-hydroxylation sites is 4. The number of rotatable bonds is 4. The summed E-state index contributed by atoms with van der Waals surface area (Å²) in [5, 5.41) is 8.61. The molecule has 13 rings (SSSR count). The topological polar surface area (TPSA) is 27.9 Å². The summed E-state index contributed by atoms with van der Waals surface area (Å²) in [6.07, 6.45) is 6.70. The lowest BCUT2D eigenvalue weighted by molar-refractivity contribution is 0.669. The molecule has 0 N–H and O–H groups in total. The van der Waals surface area contributed by atoms with Crippen LogP contribution >= 0.6 is 0 Å². The van der Waals surface area contributed by atoms with Crippen molar-refractivity contribution in [3.63, 3.8) is 0 Å². The number of hydrogen-bond acceptors (Lipinski definition) is 1. The van der Waals surface area contributed by atoms with E-state index in [1.807, 2.05) is 0 Å². The summed E-state index contributed by atoms with van der Waals surface area (Å²) in [5.74, 6) is 0. The van der Waals surface area contributed by atoms with Crippen LogP contribution in [-0.4, -0.2) is 13.7 Å². The van der Waals surface area contributed by atoms with Gasteiger partial charge in [-0.15, -0.1) is 0 Å². The zero-order valence-electron chi connectivity index (χ0n) is 31.6. The zero-order valence-corrected chi connectivity index (χ0v) is 31.6. The molecule has 0 unspecified atom stereocenters. The zero-order chi connectivity index (χ0) is 37.9. The van der Waals surface area contributed by atoms with Gasteiger partial charge in [-0.25, -0.2) is 0 Å². The highest BCUT2D eigenvalue weighted by atomic mass is 16.3. The minimum Gasteiger partial charge on any atom is -0.456 e. The minimum absolute atomic E-state index is 0.888. The van der Waals surface area contributed by atoms with Crippen LogP contribution in [0.4, 0.5) is 0 Å². The normalized spacial score (nSPS) is 13.0. The molecule has 0 bridgehead atoms. The van der Waals surface area contributed by atoms with Crippen LogP contribution in [0, 0.1) is 0 Å². The molecule has 0 saturated heterocycles. The first-order chi connectivity index (χ1) is 28.8. The summed E-state index contributed by atoms with van der Waals surface area (Å²) in [6.45, 7) is 0. The standard InChI is InChI=1S/C54H35N3O/c1-3-14-35(15-4-1)55-44-22-10-7-18-39(44)42-32-34(26-28-47(42)55)38-21-13-25-51-52(38)43-33-37(27-31-50(43)58-51)57-46-24-12-9-20-41(46)54-49(57)30-29-48-53(54)40-19-8-11-23-45(40)56(48)36-16-5-2-6-17-36/h1-6,8-17,19-33H,7,18H2. The lowest BCUT2D eigenvalue weighted by atomic mass is 9.95. The maximum absolute atomic E-state index is 6.63. The van der Waals surface area contributed by atoms with Gasteiger partial charge in [-0.1, -0.05) is 97.1 Å². The summed E-state index contributed by atoms with van der Waals surface area (Å²) in [7, 11) is 0. The fourth-order valence-corrected chi connectivity index (χ4v) is 10.1. The van der Waals surface area contributed by atoms with Crippen molar-refractivity contribution in [1.29, 1.82) is 0 Å². The molecule has 0 atom stereocenters. The fraction of sp³-hybridized carbons (Fsp3) is 0.0370. The van der Waals surface area contributed by atoms with Crippen LogP contribution in [0.2, 0.25) is 0 Å². The third kappa shape index (κ3) is 4.34. The molecule has 4 heteroatoms. The van der Waals surface area contributed by atoms with Gasteiger partial charge in [0.05, 0.1) is 27.6 Å².